The van der Waals surface area contributed by atoms with Crippen molar-refractivity contribution in [3.05, 3.63) is 24.0 Å². The molecule has 2 aromatic rings. The number of rotatable bonds is 2. The second-order valence-electron chi connectivity index (χ2n) is 7.80. The number of hydrogen-bond acceptors (Lipinski definition) is 6. The van der Waals surface area contributed by atoms with Gasteiger partial charge in [0.1, 0.15) is 11.3 Å². The van der Waals surface area contributed by atoms with E-state index in [-0.39, 0.29) is 17.6 Å². The summed E-state index contributed by atoms with van der Waals surface area (Å²) in [6, 6.07) is 5.04. The van der Waals surface area contributed by atoms with Crippen molar-refractivity contribution in [2.75, 3.05) is 44.3 Å². The van der Waals surface area contributed by atoms with Gasteiger partial charge in [0.2, 0.25) is 5.91 Å². The summed E-state index contributed by atoms with van der Waals surface area (Å²) in [7, 11) is 0. The Balaban J connectivity index is 1.26. The molecule has 1 unspecified atom stereocenters. The SMILES string of the molecule is O=C(C1CCCN(c2nc3c(F)cccc3s2)C1)N1CCC2(CC1)OCCO2. The number of ether oxygens (including phenoxy) is 2. The van der Waals surface area contributed by atoms with E-state index in [1.54, 1.807) is 6.07 Å². The molecular weight excluding hydrogens is 381 g/mol. The molecule has 3 aliphatic heterocycles. The molecule has 1 aromatic heterocycles. The number of para-hydroxylation sites is 1. The predicted octanol–water partition coefficient (Wildman–Crippen LogP) is 3.02. The second kappa shape index (κ2) is 7.24. The Morgan fingerprint density at radius 2 is 2.00 bits per heavy atom. The lowest BCUT2D eigenvalue weighted by atomic mass is 9.95. The molecule has 1 aromatic carbocycles. The standard InChI is InChI=1S/C20H24FN3O3S/c21-15-4-1-5-16-17(15)22-19(28-16)24-8-2-3-14(13-24)18(25)23-9-6-20(7-10-23)26-11-12-27-20/h1,4-5,14H,2-3,6-13H2. The van der Waals surface area contributed by atoms with Crippen LogP contribution in [0, 0.1) is 11.7 Å². The predicted molar refractivity (Wildman–Crippen MR) is 105 cm³/mol. The maximum Gasteiger partial charge on any atom is 0.227 e. The molecule has 3 saturated heterocycles. The molecule has 0 bridgehead atoms. The molecule has 0 aliphatic carbocycles. The van der Waals surface area contributed by atoms with E-state index in [1.807, 2.05) is 11.0 Å². The highest BCUT2D eigenvalue weighted by atomic mass is 32.1. The zero-order valence-corrected chi connectivity index (χ0v) is 16.5. The van der Waals surface area contributed by atoms with E-state index >= 15 is 0 Å². The number of anilines is 1. The smallest absolute Gasteiger partial charge is 0.227 e. The molecule has 5 rings (SSSR count). The van der Waals surface area contributed by atoms with Gasteiger partial charge in [0.25, 0.3) is 0 Å². The van der Waals surface area contributed by atoms with E-state index in [0.29, 0.717) is 38.4 Å². The van der Waals surface area contributed by atoms with Gasteiger partial charge in [-0.2, -0.15) is 0 Å². The van der Waals surface area contributed by atoms with Crippen LogP contribution in [0.25, 0.3) is 10.2 Å². The second-order valence-corrected chi connectivity index (χ2v) is 8.81. The summed E-state index contributed by atoms with van der Waals surface area (Å²) in [5.41, 5.74) is 0.425. The molecule has 4 heterocycles. The zero-order chi connectivity index (χ0) is 19.1. The number of fused-ring (bicyclic) bond motifs is 1. The molecule has 1 spiro atoms. The lowest BCUT2D eigenvalue weighted by molar-refractivity contribution is -0.188. The number of amides is 1. The number of hydrogen-bond donors (Lipinski definition) is 0. The molecule has 0 saturated carbocycles. The van der Waals surface area contributed by atoms with Crippen molar-refractivity contribution in [1.29, 1.82) is 0 Å². The normalized spacial score (nSPS) is 25.0. The number of carbonyl (C=O) groups is 1. The fourth-order valence-electron chi connectivity index (χ4n) is 4.50. The summed E-state index contributed by atoms with van der Waals surface area (Å²) in [4.78, 5) is 21.7. The van der Waals surface area contributed by atoms with Crippen molar-refractivity contribution < 1.29 is 18.7 Å². The first-order valence-electron chi connectivity index (χ1n) is 10.0. The van der Waals surface area contributed by atoms with Crippen LogP contribution in [0.15, 0.2) is 18.2 Å². The van der Waals surface area contributed by atoms with E-state index in [4.69, 9.17) is 9.47 Å². The Bertz CT molecular complexity index is 873. The molecular formula is C20H24FN3O3S. The Labute approximate surface area is 167 Å². The quantitative estimate of drug-likeness (QED) is 0.769. The van der Waals surface area contributed by atoms with Crippen LogP contribution in [0.1, 0.15) is 25.7 Å². The Morgan fingerprint density at radius 1 is 1.21 bits per heavy atom. The molecule has 3 fully saturated rings. The third kappa shape index (κ3) is 3.27. The zero-order valence-electron chi connectivity index (χ0n) is 15.7. The highest BCUT2D eigenvalue weighted by Crippen LogP contribution is 2.35. The summed E-state index contributed by atoms with van der Waals surface area (Å²) in [6.07, 6.45) is 3.32. The molecule has 6 nitrogen and oxygen atoms in total. The molecule has 150 valence electrons. The van der Waals surface area contributed by atoms with Crippen molar-refractivity contribution in [3.8, 4) is 0 Å². The van der Waals surface area contributed by atoms with Gasteiger partial charge in [-0.05, 0) is 25.0 Å². The molecule has 0 radical (unpaired) electrons. The molecule has 1 atom stereocenters. The van der Waals surface area contributed by atoms with Gasteiger partial charge in [0.05, 0.1) is 23.8 Å². The van der Waals surface area contributed by atoms with Gasteiger partial charge in [-0.25, -0.2) is 9.37 Å². The molecule has 28 heavy (non-hydrogen) atoms. The summed E-state index contributed by atoms with van der Waals surface area (Å²) >= 11 is 1.50. The summed E-state index contributed by atoms with van der Waals surface area (Å²) < 4.78 is 26.4. The number of thiazole rings is 1. The topological polar surface area (TPSA) is 54.9 Å². The van der Waals surface area contributed by atoms with Gasteiger partial charge < -0.3 is 19.3 Å². The van der Waals surface area contributed by atoms with Crippen molar-refractivity contribution >= 4 is 32.6 Å². The molecule has 8 heteroatoms. The van der Waals surface area contributed by atoms with Gasteiger partial charge in [0.15, 0.2) is 10.9 Å². The van der Waals surface area contributed by atoms with E-state index < -0.39 is 5.79 Å². The molecule has 3 aliphatic rings. The van der Waals surface area contributed by atoms with Gasteiger partial charge in [-0.15, -0.1) is 0 Å². The number of likely N-dealkylation sites (tertiary alicyclic amines) is 1. The first-order valence-corrected chi connectivity index (χ1v) is 10.8. The minimum atomic E-state index is -0.458. The average molecular weight is 405 g/mol. The number of aromatic nitrogens is 1. The van der Waals surface area contributed by atoms with Crippen LogP contribution in [0.5, 0.6) is 0 Å². The third-order valence-electron chi connectivity index (χ3n) is 6.05. The van der Waals surface area contributed by atoms with Crippen molar-refractivity contribution in [1.82, 2.24) is 9.88 Å². The lowest BCUT2D eigenvalue weighted by Gasteiger charge is -2.40. The van der Waals surface area contributed by atoms with E-state index in [0.717, 1.165) is 42.1 Å². The van der Waals surface area contributed by atoms with Crippen molar-refractivity contribution in [2.45, 2.75) is 31.5 Å². The number of carbonyl (C=O) groups excluding carboxylic acids is 1. The van der Waals surface area contributed by atoms with Gasteiger partial charge in [-0.1, -0.05) is 17.4 Å². The van der Waals surface area contributed by atoms with Gasteiger partial charge in [0, 0.05) is 39.0 Å². The fourth-order valence-corrected chi connectivity index (χ4v) is 5.52. The van der Waals surface area contributed by atoms with E-state index in [9.17, 15) is 9.18 Å². The van der Waals surface area contributed by atoms with Crippen LogP contribution in [-0.2, 0) is 14.3 Å². The van der Waals surface area contributed by atoms with Crippen molar-refractivity contribution in [2.24, 2.45) is 5.92 Å². The minimum Gasteiger partial charge on any atom is -0.347 e. The van der Waals surface area contributed by atoms with Gasteiger partial charge in [-0.3, -0.25) is 4.79 Å². The summed E-state index contributed by atoms with van der Waals surface area (Å²) in [5.74, 6) is -0.571. The van der Waals surface area contributed by atoms with Crippen LogP contribution >= 0.6 is 11.3 Å². The van der Waals surface area contributed by atoms with Crippen LogP contribution < -0.4 is 4.90 Å². The average Bonchev–Trinajstić information content (AvgIpc) is 3.36. The Kier molecular flexibility index (Phi) is 4.72. The molecule has 1 amide bonds. The number of benzene rings is 1. The van der Waals surface area contributed by atoms with Crippen LogP contribution in [0.3, 0.4) is 0 Å². The first kappa shape index (κ1) is 18.3. The van der Waals surface area contributed by atoms with Crippen molar-refractivity contribution in [3.63, 3.8) is 0 Å². The monoisotopic (exact) mass is 405 g/mol. The van der Waals surface area contributed by atoms with E-state index in [1.165, 1.54) is 17.4 Å². The summed E-state index contributed by atoms with van der Waals surface area (Å²) in [5, 5.41) is 0.808. The highest BCUT2D eigenvalue weighted by Gasteiger charge is 2.42. The highest BCUT2D eigenvalue weighted by molar-refractivity contribution is 7.22. The van der Waals surface area contributed by atoms with Crippen LogP contribution in [-0.4, -0.2) is 61.0 Å². The maximum absolute atomic E-state index is 14.0. The number of halogens is 1. The third-order valence-corrected chi connectivity index (χ3v) is 7.13. The fraction of sp³-hybridized carbons (Fsp3) is 0.600. The number of nitrogens with zero attached hydrogens (tertiary/aromatic N) is 3. The molecule has 0 N–H and O–H groups in total. The first-order chi connectivity index (χ1) is 13.6. The largest absolute Gasteiger partial charge is 0.347 e. The van der Waals surface area contributed by atoms with E-state index in [2.05, 4.69) is 9.88 Å². The van der Waals surface area contributed by atoms with Gasteiger partial charge >= 0.3 is 0 Å². The summed E-state index contributed by atoms with van der Waals surface area (Å²) in [6.45, 7) is 4.16. The number of piperidine rings is 2. The minimum absolute atomic E-state index is 0.0370. The van der Waals surface area contributed by atoms with Crippen LogP contribution in [0.4, 0.5) is 9.52 Å². The lowest BCUT2D eigenvalue weighted by Crippen LogP contribution is -2.51. The maximum atomic E-state index is 14.0. The van der Waals surface area contributed by atoms with Crippen LogP contribution in [0.2, 0.25) is 0 Å². The Morgan fingerprint density at radius 3 is 2.75 bits per heavy atom. The Hall–Kier alpha value is -1.77.